The zero-order valence-electron chi connectivity index (χ0n) is 10.5. The van der Waals surface area contributed by atoms with Crippen LogP contribution in [0.4, 0.5) is 0 Å². The molecule has 0 aromatic rings. The third-order valence-corrected chi connectivity index (χ3v) is 6.27. The molecule has 3 unspecified atom stereocenters. The second-order valence-electron chi connectivity index (χ2n) is 5.34. The molecule has 104 valence electrons. The van der Waals surface area contributed by atoms with E-state index < -0.39 is 15.1 Å². The van der Waals surface area contributed by atoms with E-state index >= 15 is 0 Å². The van der Waals surface area contributed by atoms with Crippen LogP contribution in [0.5, 0.6) is 0 Å². The fraction of sp³-hybridized carbons (Fsp3) is 0.917. The molecule has 0 bridgehead atoms. The highest BCUT2D eigenvalue weighted by atomic mass is 32.2. The highest BCUT2D eigenvalue weighted by Crippen LogP contribution is 2.26. The van der Waals surface area contributed by atoms with Gasteiger partial charge >= 0.3 is 0 Å². The maximum Gasteiger partial charge on any atom is 0.238 e. The van der Waals surface area contributed by atoms with Crippen molar-refractivity contribution in [1.82, 2.24) is 5.32 Å². The molecule has 0 aromatic carbocycles. The molecule has 5 nitrogen and oxygen atoms in total. The Labute approximate surface area is 108 Å². The number of carbonyl (C=O) groups is 1. The van der Waals surface area contributed by atoms with Crippen LogP contribution < -0.4 is 5.32 Å². The Bertz CT molecular complexity index is 406. The van der Waals surface area contributed by atoms with Crippen LogP contribution in [0.25, 0.3) is 0 Å². The molecule has 2 aliphatic rings. The molecule has 0 radical (unpaired) electrons. The predicted octanol–water partition coefficient (Wildman–Crippen LogP) is 0.231. The number of nitrogens with one attached hydrogen (secondary N) is 1. The fourth-order valence-corrected chi connectivity index (χ4v) is 4.78. The minimum absolute atomic E-state index is 0.0559. The topological polar surface area (TPSA) is 83.5 Å². The van der Waals surface area contributed by atoms with Crippen molar-refractivity contribution in [3.05, 3.63) is 0 Å². The Morgan fingerprint density at radius 1 is 1.17 bits per heavy atom. The molecule has 1 saturated heterocycles. The molecule has 2 fully saturated rings. The summed E-state index contributed by atoms with van der Waals surface area (Å²) >= 11 is 0. The van der Waals surface area contributed by atoms with Gasteiger partial charge in [-0.3, -0.25) is 4.79 Å². The lowest BCUT2D eigenvalue weighted by atomic mass is 10.0. The molecular formula is C12H21NO4S. The maximum atomic E-state index is 12.1. The van der Waals surface area contributed by atoms with Gasteiger partial charge in [-0.05, 0) is 25.7 Å². The van der Waals surface area contributed by atoms with Gasteiger partial charge in [0.25, 0.3) is 0 Å². The molecule has 18 heavy (non-hydrogen) atoms. The van der Waals surface area contributed by atoms with E-state index in [0.717, 1.165) is 25.7 Å². The van der Waals surface area contributed by atoms with Gasteiger partial charge in [-0.2, -0.15) is 0 Å². The van der Waals surface area contributed by atoms with Gasteiger partial charge in [0.05, 0.1) is 5.75 Å². The summed E-state index contributed by atoms with van der Waals surface area (Å²) in [5.41, 5.74) is 0. The summed E-state index contributed by atoms with van der Waals surface area (Å²) in [7, 11) is -3.26. The van der Waals surface area contributed by atoms with Crippen molar-refractivity contribution in [2.75, 3.05) is 12.4 Å². The number of amides is 1. The van der Waals surface area contributed by atoms with Gasteiger partial charge in [0.1, 0.15) is 5.25 Å². The normalized spacial score (nSPS) is 35.3. The van der Waals surface area contributed by atoms with E-state index in [-0.39, 0.29) is 30.2 Å². The first-order valence-electron chi connectivity index (χ1n) is 6.67. The van der Waals surface area contributed by atoms with Gasteiger partial charge < -0.3 is 10.4 Å². The zero-order valence-corrected chi connectivity index (χ0v) is 11.3. The standard InChI is InChI=1S/C12H21NO4S/c14-8-9-4-3-5-10(9)13-12(15)11-6-1-2-7-18(11,16)17/h9-11,14H,1-8H2,(H,13,15). The van der Waals surface area contributed by atoms with Gasteiger partial charge in [0, 0.05) is 18.6 Å². The summed E-state index contributed by atoms with van der Waals surface area (Å²) in [4.78, 5) is 12.1. The van der Waals surface area contributed by atoms with Gasteiger partial charge in [0.15, 0.2) is 9.84 Å². The molecule has 2 N–H and O–H groups in total. The predicted molar refractivity (Wildman–Crippen MR) is 67.8 cm³/mol. The molecule has 1 aliphatic carbocycles. The molecule has 6 heteroatoms. The number of rotatable bonds is 3. The zero-order chi connectivity index (χ0) is 13.2. The van der Waals surface area contributed by atoms with Crippen molar-refractivity contribution in [3.63, 3.8) is 0 Å². The van der Waals surface area contributed by atoms with Crippen molar-refractivity contribution in [2.45, 2.75) is 49.8 Å². The Morgan fingerprint density at radius 2 is 1.94 bits per heavy atom. The largest absolute Gasteiger partial charge is 0.396 e. The summed E-state index contributed by atoms with van der Waals surface area (Å²) in [6.45, 7) is 0.0579. The molecule has 1 saturated carbocycles. The monoisotopic (exact) mass is 275 g/mol. The molecule has 0 aromatic heterocycles. The lowest BCUT2D eigenvalue weighted by Crippen LogP contribution is -2.48. The lowest BCUT2D eigenvalue weighted by Gasteiger charge is -2.25. The van der Waals surface area contributed by atoms with Crippen molar-refractivity contribution in [3.8, 4) is 0 Å². The first-order chi connectivity index (χ1) is 8.54. The van der Waals surface area contributed by atoms with Gasteiger partial charge in [-0.15, -0.1) is 0 Å². The van der Waals surface area contributed by atoms with Crippen LogP contribution in [0, 0.1) is 5.92 Å². The molecule has 1 amide bonds. The van der Waals surface area contributed by atoms with E-state index in [9.17, 15) is 18.3 Å². The summed E-state index contributed by atoms with van der Waals surface area (Å²) in [6.07, 6.45) is 4.61. The first-order valence-corrected chi connectivity index (χ1v) is 8.39. The van der Waals surface area contributed by atoms with Crippen LogP contribution in [0.15, 0.2) is 0 Å². The summed E-state index contributed by atoms with van der Waals surface area (Å²) in [6, 6.07) is -0.0559. The third-order valence-electron chi connectivity index (χ3n) is 4.09. The van der Waals surface area contributed by atoms with E-state index in [1.165, 1.54) is 0 Å². The first kappa shape index (κ1) is 13.8. The average molecular weight is 275 g/mol. The third kappa shape index (κ3) is 2.85. The Hall–Kier alpha value is -0.620. The summed E-state index contributed by atoms with van der Waals surface area (Å²) in [5, 5.41) is 11.2. The Kier molecular flexibility index (Phi) is 4.27. The quantitative estimate of drug-likeness (QED) is 0.772. The summed E-state index contributed by atoms with van der Waals surface area (Å²) < 4.78 is 23.7. The number of aliphatic hydroxyl groups is 1. The van der Waals surface area contributed by atoms with Gasteiger partial charge in [-0.1, -0.05) is 12.8 Å². The van der Waals surface area contributed by atoms with Crippen molar-refractivity contribution < 1.29 is 18.3 Å². The van der Waals surface area contributed by atoms with E-state index in [1.54, 1.807) is 0 Å². The van der Waals surface area contributed by atoms with Crippen LogP contribution in [0.1, 0.15) is 38.5 Å². The number of carbonyl (C=O) groups excluding carboxylic acids is 1. The average Bonchev–Trinajstić information content (AvgIpc) is 2.75. The highest BCUT2D eigenvalue weighted by molar-refractivity contribution is 7.92. The lowest BCUT2D eigenvalue weighted by molar-refractivity contribution is -0.121. The SMILES string of the molecule is O=C(NC1CCCC1CO)C1CCCCS1(=O)=O. The molecular weight excluding hydrogens is 254 g/mol. The molecule has 1 heterocycles. The van der Waals surface area contributed by atoms with Crippen LogP contribution in [0.2, 0.25) is 0 Å². The minimum Gasteiger partial charge on any atom is -0.396 e. The molecule has 1 aliphatic heterocycles. The van der Waals surface area contributed by atoms with Crippen LogP contribution in [-0.2, 0) is 14.6 Å². The summed E-state index contributed by atoms with van der Waals surface area (Å²) in [5.74, 6) is -0.153. The fourth-order valence-electron chi connectivity index (χ4n) is 2.97. The second-order valence-corrected chi connectivity index (χ2v) is 7.64. The Morgan fingerprint density at radius 3 is 2.61 bits per heavy atom. The van der Waals surface area contributed by atoms with Crippen LogP contribution in [-0.4, -0.2) is 43.1 Å². The maximum absolute atomic E-state index is 12.1. The Balaban J connectivity index is 1.99. The minimum atomic E-state index is -3.26. The highest BCUT2D eigenvalue weighted by Gasteiger charge is 2.37. The van der Waals surface area contributed by atoms with Crippen molar-refractivity contribution in [1.29, 1.82) is 0 Å². The number of aliphatic hydroxyl groups excluding tert-OH is 1. The van der Waals surface area contributed by atoms with Gasteiger partial charge in [-0.25, -0.2) is 8.42 Å². The van der Waals surface area contributed by atoms with Crippen LogP contribution >= 0.6 is 0 Å². The van der Waals surface area contributed by atoms with E-state index in [2.05, 4.69) is 5.32 Å². The second kappa shape index (κ2) is 5.57. The van der Waals surface area contributed by atoms with Crippen LogP contribution in [0.3, 0.4) is 0 Å². The molecule has 0 spiro atoms. The van der Waals surface area contributed by atoms with Gasteiger partial charge in [0.2, 0.25) is 5.91 Å². The smallest absolute Gasteiger partial charge is 0.238 e. The van der Waals surface area contributed by atoms with E-state index in [0.29, 0.717) is 12.8 Å². The van der Waals surface area contributed by atoms with E-state index in [1.807, 2.05) is 0 Å². The molecule has 3 atom stereocenters. The number of hydrogen-bond donors (Lipinski definition) is 2. The van der Waals surface area contributed by atoms with Crippen molar-refractivity contribution >= 4 is 15.7 Å². The van der Waals surface area contributed by atoms with Crippen molar-refractivity contribution in [2.24, 2.45) is 5.92 Å². The van der Waals surface area contributed by atoms with E-state index in [4.69, 9.17) is 0 Å². The molecule has 2 rings (SSSR count). The number of hydrogen-bond acceptors (Lipinski definition) is 4. The number of sulfone groups is 1.